The number of ether oxygens (including phenoxy) is 3. The summed E-state index contributed by atoms with van der Waals surface area (Å²) in [5.74, 6) is 1.14. The van der Waals surface area contributed by atoms with Gasteiger partial charge >= 0.3 is 6.09 Å². The van der Waals surface area contributed by atoms with Crippen LogP contribution in [0.1, 0.15) is 23.2 Å². The monoisotopic (exact) mass is 540 g/mol. The van der Waals surface area contributed by atoms with Gasteiger partial charge in [-0.15, -0.1) is 0 Å². The number of nitrogens with zero attached hydrogens (tertiary/aromatic N) is 1. The number of fused-ring (bicyclic) bond motifs is 1. The number of primary amides is 1. The Kier molecular flexibility index (Phi) is 9.15. The lowest BCUT2D eigenvalue weighted by Gasteiger charge is -2.34. The maximum atomic E-state index is 12.7. The molecule has 38 heavy (non-hydrogen) atoms. The van der Waals surface area contributed by atoms with Gasteiger partial charge in [-0.3, -0.25) is 9.69 Å². The van der Waals surface area contributed by atoms with E-state index in [1.165, 1.54) is 13.2 Å². The second-order valence-electron chi connectivity index (χ2n) is 9.41. The Labute approximate surface area is 227 Å². The van der Waals surface area contributed by atoms with Gasteiger partial charge in [-0.05, 0) is 60.8 Å². The maximum Gasteiger partial charge on any atom is 0.404 e. The third-order valence-electron chi connectivity index (χ3n) is 6.72. The van der Waals surface area contributed by atoms with Crippen molar-refractivity contribution in [2.24, 2.45) is 11.7 Å². The van der Waals surface area contributed by atoms with Crippen molar-refractivity contribution in [3.63, 3.8) is 0 Å². The standard InChI is InChI=1S/C28H33ClN4O5/c1-36-26-14-25(30)24(29)13-23(26)27(34)32-15-18-8-10-33(11-9-18)16-22(38-28(31)35)17-37-21-7-6-19-4-2-3-5-20(19)12-21/h2-7,12-14,18,22H,8-11,15-17,30H2,1H3,(H2,31,35)(H,32,34). The molecule has 3 aromatic rings. The Hall–Kier alpha value is -3.69. The molecule has 1 saturated heterocycles. The number of nitrogens with two attached hydrogens (primary N) is 2. The molecule has 4 rings (SSSR count). The fourth-order valence-electron chi connectivity index (χ4n) is 4.64. The zero-order valence-corrected chi connectivity index (χ0v) is 22.1. The third kappa shape index (κ3) is 7.20. The van der Waals surface area contributed by atoms with E-state index in [1.807, 2.05) is 42.5 Å². The Balaban J connectivity index is 1.26. The first-order valence-electron chi connectivity index (χ1n) is 12.5. The van der Waals surface area contributed by atoms with Crippen molar-refractivity contribution in [1.29, 1.82) is 0 Å². The van der Waals surface area contributed by atoms with Gasteiger partial charge in [-0.1, -0.05) is 41.9 Å². The number of piperidine rings is 1. The van der Waals surface area contributed by atoms with Crippen LogP contribution in [-0.4, -0.2) is 62.9 Å². The number of nitrogen functional groups attached to an aromatic ring is 1. The lowest BCUT2D eigenvalue weighted by molar-refractivity contribution is 0.0367. The van der Waals surface area contributed by atoms with E-state index in [0.29, 0.717) is 46.8 Å². The minimum atomic E-state index is -0.826. The van der Waals surface area contributed by atoms with E-state index in [4.69, 9.17) is 37.3 Å². The number of nitrogens with one attached hydrogen (secondary N) is 1. The molecule has 202 valence electrons. The number of methoxy groups -OCH3 is 1. The van der Waals surface area contributed by atoms with Crippen molar-refractivity contribution >= 4 is 40.1 Å². The number of carbonyl (C=O) groups excluding carboxylic acids is 2. The highest BCUT2D eigenvalue weighted by Crippen LogP contribution is 2.29. The highest BCUT2D eigenvalue weighted by Gasteiger charge is 2.25. The predicted octanol–water partition coefficient (Wildman–Crippen LogP) is 4.07. The highest BCUT2D eigenvalue weighted by atomic mass is 35.5. The van der Waals surface area contributed by atoms with E-state index in [-0.39, 0.29) is 12.5 Å². The summed E-state index contributed by atoms with van der Waals surface area (Å²) in [5.41, 5.74) is 11.8. The molecule has 0 aromatic heterocycles. The number of benzene rings is 3. The van der Waals surface area contributed by atoms with Gasteiger partial charge in [0.15, 0.2) is 6.10 Å². The van der Waals surface area contributed by atoms with Crippen LogP contribution in [0.2, 0.25) is 5.02 Å². The van der Waals surface area contributed by atoms with Crippen molar-refractivity contribution in [3.8, 4) is 11.5 Å². The first-order valence-corrected chi connectivity index (χ1v) is 12.9. The molecular formula is C28H33ClN4O5. The van der Waals surface area contributed by atoms with E-state index in [9.17, 15) is 9.59 Å². The lowest BCUT2D eigenvalue weighted by Crippen LogP contribution is -2.44. The zero-order valence-electron chi connectivity index (χ0n) is 21.3. The van der Waals surface area contributed by atoms with E-state index in [1.54, 1.807) is 6.07 Å². The van der Waals surface area contributed by atoms with Gasteiger partial charge in [-0.2, -0.15) is 0 Å². The molecule has 1 atom stereocenters. The van der Waals surface area contributed by atoms with Gasteiger partial charge in [0.1, 0.15) is 18.1 Å². The average molecular weight is 541 g/mol. The van der Waals surface area contributed by atoms with Gasteiger partial charge in [0.05, 0.1) is 23.4 Å². The SMILES string of the molecule is COc1cc(N)c(Cl)cc1C(=O)NCC1CCN(CC(COc2ccc3ccccc3c2)OC(N)=O)CC1. The summed E-state index contributed by atoms with van der Waals surface area (Å²) in [5, 5.41) is 5.49. The van der Waals surface area contributed by atoms with E-state index >= 15 is 0 Å². The molecule has 2 amide bonds. The zero-order chi connectivity index (χ0) is 27.1. The number of carbonyl (C=O) groups is 2. The number of hydrogen-bond acceptors (Lipinski definition) is 7. The normalized spacial score (nSPS) is 15.1. The second-order valence-corrected chi connectivity index (χ2v) is 9.81. The van der Waals surface area contributed by atoms with Crippen molar-refractivity contribution < 1.29 is 23.8 Å². The molecule has 0 spiro atoms. The summed E-state index contributed by atoms with van der Waals surface area (Å²) in [6, 6.07) is 17.0. The smallest absolute Gasteiger partial charge is 0.404 e. The van der Waals surface area contributed by atoms with Crippen LogP contribution in [0.4, 0.5) is 10.5 Å². The molecule has 3 aromatic carbocycles. The van der Waals surface area contributed by atoms with Gasteiger partial charge < -0.3 is 31.0 Å². The number of rotatable bonds is 10. The number of anilines is 1. The Morgan fingerprint density at radius 1 is 1.11 bits per heavy atom. The fraction of sp³-hybridized carbons (Fsp3) is 0.357. The van der Waals surface area contributed by atoms with Crippen LogP contribution in [-0.2, 0) is 4.74 Å². The predicted molar refractivity (Wildman–Crippen MR) is 148 cm³/mol. The molecule has 0 aliphatic carbocycles. The van der Waals surface area contributed by atoms with E-state index in [2.05, 4.69) is 10.2 Å². The summed E-state index contributed by atoms with van der Waals surface area (Å²) in [4.78, 5) is 26.5. The molecule has 0 bridgehead atoms. The fourth-order valence-corrected chi connectivity index (χ4v) is 4.81. The van der Waals surface area contributed by atoms with Crippen molar-refractivity contribution in [2.45, 2.75) is 18.9 Å². The highest BCUT2D eigenvalue weighted by molar-refractivity contribution is 6.33. The average Bonchev–Trinajstić information content (AvgIpc) is 2.92. The topological polar surface area (TPSA) is 129 Å². The summed E-state index contributed by atoms with van der Waals surface area (Å²) in [6.45, 7) is 2.84. The van der Waals surface area contributed by atoms with Crippen LogP contribution in [0, 0.1) is 5.92 Å². The molecule has 0 radical (unpaired) electrons. The molecule has 0 saturated carbocycles. The summed E-state index contributed by atoms with van der Waals surface area (Å²) in [7, 11) is 1.48. The van der Waals surface area contributed by atoms with Crippen LogP contribution in [0.5, 0.6) is 11.5 Å². The van der Waals surface area contributed by atoms with Crippen molar-refractivity contribution in [1.82, 2.24) is 10.2 Å². The van der Waals surface area contributed by atoms with Gasteiger partial charge in [0.25, 0.3) is 5.91 Å². The molecule has 10 heteroatoms. The first kappa shape index (κ1) is 27.3. The van der Waals surface area contributed by atoms with Gasteiger partial charge in [-0.25, -0.2) is 4.79 Å². The lowest BCUT2D eigenvalue weighted by atomic mass is 9.96. The molecule has 1 aliphatic heterocycles. The van der Waals surface area contributed by atoms with Crippen LogP contribution in [0.25, 0.3) is 10.8 Å². The second kappa shape index (κ2) is 12.7. The van der Waals surface area contributed by atoms with Crippen LogP contribution in [0.3, 0.4) is 0 Å². The van der Waals surface area contributed by atoms with Crippen molar-refractivity contribution in [3.05, 3.63) is 65.2 Å². The molecule has 1 aliphatic rings. The number of likely N-dealkylation sites (tertiary alicyclic amines) is 1. The van der Waals surface area contributed by atoms with Crippen molar-refractivity contribution in [2.75, 3.05) is 45.6 Å². The third-order valence-corrected chi connectivity index (χ3v) is 7.05. The minimum Gasteiger partial charge on any atom is -0.496 e. The number of halogens is 1. The minimum absolute atomic E-state index is 0.198. The molecular weight excluding hydrogens is 508 g/mol. The maximum absolute atomic E-state index is 12.7. The van der Waals surface area contributed by atoms with Gasteiger partial charge in [0.2, 0.25) is 0 Å². The Bertz CT molecular complexity index is 1280. The molecule has 9 nitrogen and oxygen atoms in total. The largest absolute Gasteiger partial charge is 0.496 e. The number of amides is 2. The van der Waals surface area contributed by atoms with E-state index < -0.39 is 12.2 Å². The Morgan fingerprint density at radius 2 is 1.84 bits per heavy atom. The summed E-state index contributed by atoms with van der Waals surface area (Å²) in [6.07, 6.45) is 0.439. The molecule has 1 heterocycles. The molecule has 5 N–H and O–H groups in total. The summed E-state index contributed by atoms with van der Waals surface area (Å²) < 4.78 is 16.6. The van der Waals surface area contributed by atoms with Crippen LogP contribution >= 0.6 is 11.6 Å². The summed E-state index contributed by atoms with van der Waals surface area (Å²) >= 11 is 6.09. The van der Waals surface area contributed by atoms with Crippen LogP contribution in [0.15, 0.2) is 54.6 Å². The Morgan fingerprint density at radius 3 is 2.55 bits per heavy atom. The van der Waals surface area contributed by atoms with E-state index in [0.717, 1.165) is 36.7 Å². The molecule has 1 unspecified atom stereocenters. The quantitative estimate of drug-likeness (QED) is 0.330. The van der Waals surface area contributed by atoms with Gasteiger partial charge in [0, 0.05) is 19.2 Å². The molecule has 1 fully saturated rings. The first-order chi connectivity index (χ1) is 18.3. The number of hydrogen-bond donors (Lipinski definition) is 3. The van der Waals surface area contributed by atoms with Crippen LogP contribution < -0.4 is 26.3 Å².